The van der Waals surface area contributed by atoms with Crippen molar-refractivity contribution in [3.05, 3.63) is 77.4 Å². The number of hydrogen-bond donors (Lipinski definition) is 0. The lowest BCUT2D eigenvalue weighted by atomic mass is 9.84. The quantitative estimate of drug-likeness (QED) is 0.710. The molecule has 1 aliphatic carbocycles. The van der Waals surface area contributed by atoms with Crippen LogP contribution in [0.2, 0.25) is 0 Å². The van der Waals surface area contributed by atoms with Crippen LogP contribution in [0.1, 0.15) is 26.3 Å². The van der Waals surface area contributed by atoms with Gasteiger partial charge in [0, 0.05) is 16.5 Å². The molecule has 0 aliphatic heterocycles. The highest BCUT2D eigenvalue weighted by Crippen LogP contribution is 2.39. The van der Waals surface area contributed by atoms with E-state index in [4.69, 9.17) is 9.47 Å². The molecule has 4 nitrogen and oxygen atoms in total. The van der Waals surface area contributed by atoms with Crippen LogP contribution in [0.5, 0.6) is 11.5 Å². The number of allylic oxidation sites excluding steroid dienone is 2. The fraction of sp³-hybridized carbons (Fsp3) is 0.0909. The Morgan fingerprint density at radius 1 is 0.846 bits per heavy atom. The third-order valence-electron chi connectivity index (χ3n) is 4.62. The molecule has 0 saturated carbocycles. The van der Waals surface area contributed by atoms with Gasteiger partial charge < -0.3 is 9.47 Å². The van der Waals surface area contributed by atoms with E-state index in [0.29, 0.717) is 33.8 Å². The molecule has 3 aromatic carbocycles. The van der Waals surface area contributed by atoms with Gasteiger partial charge in [0.15, 0.2) is 11.6 Å². The summed E-state index contributed by atoms with van der Waals surface area (Å²) in [5, 5.41) is 1.68. The van der Waals surface area contributed by atoms with Crippen molar-refractivity contribution in [1.82, 2.24) is 0 Å². The van der Waals surface area contributed by atoms with Gasteiger partial charge >= 0.3 is 0 Å². The van der Waals surface area contributed by atoms with Crippen LogP contribution in [0.3, 0.4) is 0 Å². The Morgan fingerprint density at radius 3 is 2.27 bits per heavy atom. The molecule has 4 rings (SSSR count). The van der Waals surface area contributed by atoms with Crippen molar-refractivity contribution < 1.29 is 19.1 Å². The molecule has 0 atom stereocenters. The molecule has 3 aromatic rings. The molecule has 0 N–H and O–H groups in total. The number of hydrogen-bond acceptors (Lipinski definition) is 4. The monoisotopic (exact) mass is 344 g/mol. The summed E-state index contributed by atoms with van der Waals surface area (Å²) in [4.78, 5) is 25.9. The van der Waals surface area contributed by atoms with E-state index >= 15 is 0 Å². The maximum atomic E-state index is 13.2. The average molecular weight is 344 g/mol. The van der Waals surface area contributed by atoms with Gasteiger partial charge in [-0.15, -0.1) is 0 Å². The van der Waals surface area contributed by atoms with Gasteiger partial charge in [-0.05, 0) is 35.2 Å². The summed E-state index contributed by atoms with van der Waals surface area (Å²) in [6.45, 7) is 0. The SMILES string of the molecule is COc1ccc(C2=CC(=O)c3cc4ccccc4c(OC)c3C2=O)cc1. The molecular formula is C22H16O4. The largest absolute Gasteiger partial charge is 0.497 e. The van der Waals surface area contributed by atoms with Crippen molar-refractivity contribution in [2.75, 3.05) is 14.2 Å². The van der Waals surface area contributed by atoms with Crippen LogP contribution in [-0.4, -0.2) is 25.8 Å². The van der Waals surface area contributed by atoms with Crippen molar-refractivity contribution in [1.29, 1.82) is 0 Å². The van der Waals surface area contributed by atoms with Gasteiger partial charge in [-0.1, -0.05) is 36.4 Å². The van der Waals surface area contributed by atoms with Gasteiger partial charge in [-0.25, -0.2) is 0 Å². The lowest BCUT2D eigenvalue weighted by molar-refractivity contribution is 0.0999. The highest BCUT2D eigenvalue weighted by atomic mass is 16.5. The van der Waals surface area contributed by atoms with E-state index in [0.717, 1.165) is 10.8 Å². The Morgan fingerprint density at radius 2 is 1.58 bits per heavy atom. The van der Waals surface area contributed by atoms with Crippen molar-refractivity contribution in [3.63, 3.8) is 0 Å². The fourth-order valence-corrected chi connectivity index (χ4v) is 3.34. The van der Waals surface area contributed by atoms with Gasteiger partial charge in [0.25, 0.3) is 0 Å². The highest BCUT2D eigenvalue weighted by Gasteiger charge is 2.31. The summed E-state index contributed by atoms with van der Waals surface area (Å²) < 4.78 is 10.7. The summed E-state index contributed by atoms with van der Waals surface area (Å²) in [5.41, 5.74) is 1.73. The predicted octanol–water partition coefficient (Wildman–Crippen LogP) is 4.32. The third kappa shape index (κ3) is 2.39. The Hall–Kier alpha value is -3.40. The Balaban J connectivity index is 1.93. The summed E-state index contributed by atoms with van der Waals surface area (Å²) in [7, 11) is 3.10. The lowest BCUT2D eigenvalue weighted by Crippen LogP contribution is -2.17. The Bertz CT molecular complexity index is 1080. The van der Waals surface area contributed by atoms with Crippen molar-refractivity contribution in [2.24, 2.45) is 0 Å². The second kappa shape index (κ2) is 6.15. The molecule has 0 fully saturated rings. The van der Waals surface area contributed by atoms with Crippen LogP contribution in [-0.2, 0) is 0 Å². The number of ether oxygens (including phenoxy) is 2. The van der Waals surface area contributed by atoms with Crippen molar-refractivity contribution >= 4 is 27.9 Å². The number of carbonyl (C=O) groups excluding carboxylic acids is 2. The maximum Gasteiger partial charge on any atom is 0.198 e. The molecule has 0 spiro atoms. The Labute approximate surface area is 150 Å². The second-order valence-electron chi connectivity index (χ2n) is 6.03. The molecule has 0 unspecified atom stereocenters. The van der Waals surface area contributed by atoms with Gasteiger partial charge in [-0.3, -0.25) is 9.59 Å². The smallest absolute Gasteiger partial charge is 0.198 e. The van der Waals surface area contributed by atoms with Crippen LogP contribution in [0.4, 0.5) is 0 Å². The molecule has 1 aliphatic rings. The predicted molar refractivity (Wildman–Crippen MR) is 100 cm³/mol. The molecule has 4 heteroatoms. The standard InChI is InChI=1S/C22H16O4/c1-25-15-9-7-13(8-10-15)17-12-19(23)18-11-14-5-3-4-6-16(14)22(26-2)20(18)21(17)24/h3-12H,1-2H3. The molecule has 0 radical (unpaired) electrons. The van der Waals surface area contributed by atoms with Gasteiger partial charge in [0.1, 0.15) is 11.5 Å². The highest BCUT2D eigenvalue weighted by molar-refractivity contribution is 6.40. The minimum absolute atomic E-state index is 0.200. The van der Waals surface area contributed by atoms with Gasteiger partial charge in [0.05, 0.1) is 19.8 Å². The van der Waals surface area contributed by atoms with Crippen molar-refractivity contribution in [3.8, 4) is 11.5 Å². The van der Waals surface area contributed by atoms with Crippen LogP contribution in [0.25, 0.3) is 16.3 Å². The third-order valence-corrected chi connectivity index (χ3v) is 4.62. The van der Waals surface area contributed by atoms with E-state index in [1.165, 1.54) is 13.2 Å². The van der Waals surface area contributed by atoms with Crippen molar-refractivity contribution in [2.45, 2.75) is 0 Å². The molecular weight excluding hydrogens is 328 g/mol. The molecule has 0 saturated heterocycles. The van der Waals surface area contributed by atoms with E-state index in [-0.39, 0.29) is 11.6 Å². The van der Waals surface area contributed by atoms with Crippen LogP contribution in [0.15, 0.2) is 60.7 Å². The lowest BCUT2D eigenvalue weighted by Gasteiger charge is -2.20. The van der Waals surface area contributed by atoms with Crippen LogP contribution in [0, 0.1) is 0 Å². The Kier molecular flexibility index (Phi) is 3.81. The van der Waals surface area contributed by atoms with Gasteiger partial charge in [0.2, 0.25) is 0 Å². The number of ketones is 2. The van der Waals surface area contributed by atoms with Crippen LogP contribution >= 0.6 is 0 Å². The van der Waals surface area contributed by atoms with E-state index in [1.807, 2.05) is 24.3 Å². The van der Waals surface area contributed by atoms with Crippen LogP contribution < -0.4 is 9.47 Å². The molecule has 0 aromatic heterocycles. The number of rotatable bonds is 3. The average Bonchev–Trinajstić information content (AvgIpc) is 2.69. The zero-order chi connectivity index (χ0) is 18.3. The first-order valence-electron chi connectivity index (χ1n) is 8.19. The molecule has 0 heterocycles. The molecule has 128 valence electrons. The summed E-state index contributed by atoms with van der Waals surface area (Å²) in [5.74, 6) is 0.713. The number of Topliss-reactive ketones (excluding diaryl/α,β-unsaturated/α-hetero) is 1. The summed E-state index contributed by atoms with van der Waals surface area (Å²) in [6, 6.07) is 16.4. The fourth-order valence-electron chi connectivity index (χ4n) is 3.34. The number of carbonyl (C=O) groups is 2. The van der Waals surface area contributed by atoms with Gasteiger partial charge in [-0.2, -0.15) is 0 Å². The second-order valence-corrected chi connectivity index (χ2v) is 6.03. The summed E-state index contributed by atoms with van der Waals surface area (Å²) >= 11 is 0. The van der Waals surface area contributed by atoms with E-state index in [9.17, 15) is 9.59 Å². The zero-order valence-corrected chi connectivity index (χ0v) is 14.4. The molecule has 0 bridgehead atoms. The van der Waals surface area contributed by atoms with E-state index in [2.05, 4.69) is 0 Å². The zero-order valence-electron chi connectivity index (χ0n) is 14.4. The first-order valence-corrected chi connectivity index (χ1v) is 8.19. The van der Waals surface area contributed by atoms with E-state index in [1.54, 1.807) is 37.4 Å². The first kappa shape index (κ1) is 16.1. The molecule has 0 amide bonds. The number of methoxy groups -OCH3 is 2. The minimum atomic E-state index is -0.215. The topological polar surface area (TPSA) is 52.6 Å². The maximum absolute atomic E-state index is 13.2. The molecule has 26 heavy (non-hydrogen) atoms. The number of benzene rings is 3. The first-order chi connectivity index (χ1) is 12.6. The summed E-state index contributed by atoms with van der Waals surface area (Å²) in [6.07, 6.45) is 1.40. The number of fused-ring (bicyclic) bond motifs is 2. The van der Waals surface area contributed by atoms with E-state index < -0.39 is 0 Å². The minimum Gasteiger partial charge on any atom is -0.497 e. The normalized spacial score (nSPS) is 13.4.